The van der Waals surface area contributed by atoms with Crippen molar-refractivity contribution in [2.45, 2.75) is 5.38 Å². The number of ketones is 1. The molecule has 1 heterocycles. The van der Waals surface area contributed by atoms with Gasteiger partial charge in [-0.3, -0.25) is 4.79 Å². The zero-order chi connectivity index (χ0) is 12.3. The van der Waals surface area contributed by atoms with Crippen LogP contribution in [0.2, 0.25) is 0 Å². The quantitative estimate of drug-likeness (QED) is 0.600. The molecule has 0 N–H and O–H groups in total. The Morgan fingerprint density at radius 1 is 1.44 bits per heavy atom. The molecule has 1 rings (SSSR count). The van der Waals surface area contributed by atoms with Crippen LogP contribution in [0.1, 0.15) is 10.5 Å². The van der Waals surface area contributed by atoms with E-state index in [1.807, 2.05) is 0 Å². The van der Waals surface area contributed by atoms with Gasteiger partial charge in [-0.2, -0.15) is 13.8 Å². The molecule has 88 valence electrons. The SMILES string of the molecule is COc1cnc(C(=O)C(F)(F)Cl)c(OC)n1. The summed E-state index contributed by atoms with van der Waals surface area (Å²) in [7, 11) is 2.47. The molecule has 0 aliphatic rings. The number of methoxy groups -OCH3 is 2. The van der Waals surface area contributed by atoms with Crippen LogP contribution in [0, 0.1) is 0 Å². The van der Waals surface area contributed by atoms with Gasteiger partial charge in [0.25, 0.3) is 5.78 Å². The smallest absolute Gasteiger partial charge is 0.386 e. The van der Waals surface area contributed by atoms with Crippen molar-refractivity contribution >= 4 is 17.4 Å². The fourth-order valence-corrected chi connectivity index (χ4v) is 0.977. The number of halogens is 3. The molecule has 5 nitrogen and oxygen atoms in total. The highest BCUT2D eigenvalue weighted by Gasteiger charge is 2.40. The number of ether oxygens (including phenoxy) is 2. The second kappa shape index (κ2) is 4.56. The number of Topliss-reactive ketones (excluding diaryl/α,β-unsaturated/α-hetero) is 1. The van der Waals surface area contributed by atoms with E-state index in [0.29, 0.717) is 0 Å². The van der Waals surface area contributed by atoms with E-state index in [-0.39, 0.29) is 11.8 Å². The molecule has 0 spiro atoms. The predicted molar refractivity (Wildman–Crippen MR) is 50.3 cm³/mol. The number of hydrogen-bond acceptors (Lipinski definition) is 5. The first-order chi connectivity index (χ1) is 7.40. The summed E-state index contributed by atoms with van der Waals surface area (Å²) in [5, 5.41) is -4.05. The molecule has 0 saturated heterocycles. The van der Waals surface area contributed by atoms with Gasteiger partial charge in [0.05, 0.1) is 20.4 Å². The number of rotatable bonds is 4. The van der Waals surface area contributed by atoms with Gasteiger partial charge in [-0.05, 0) is 11.6 Å². The number of alkyl halides is 3. The monoisotopic (exact) mass is 252 g/mol. The van der Waals surface area contributed by atoms with Crippen molar-refractivity contribution < 1.29 is 23.0 Å². The highest BCUT2D eigenvalue weighted by Crippen LogP contribution is 2.27. The Balaban J connectivity index is 3.19. The highest BCUT2D eigenvalue weighted by molar-refractivity contribution is 6.35. The first-order valence-corrected chi connectivity index (χ1v) is 4.34. The Bertz CT molecular complexity index is 409. The average Bonchev–Trinajstić information content (AvgIpc) is 2.26. The van der Waals surface area contributed by atoms with Crippen molar-refractivity contribution in [2.75, 3.05) is 14.2 Å². The van der Waals surface area contributed by atoms with E-state index in [2.05, 4.69) is 26.3 Å². The van der Waals surface area contributed by atoms with E-state index in [9.17, 15) is 13.6 Å². The van der Waals surface area contributed by atoms with Gasteiger partial charge < -0.3 is 9.47 Å². The van der Waals surface area contributed by atoms with Crippen molar-refractivity contribution in [1.29, 1.82) is 0 Å². The summed E-state index contributed by atoms with van der Waals surface area (Å²) < 4.78 is 34.5. The molecule has 0 saturated carbocycles. The van der Waals surface area contributed by atoms with Crippen molar-refractivity contribution in [3.63, 3.8) is 0 Å². The predicted octanol–water partition coefficient (Wildman–Crippen LogP) is 1.51. The van der Waals surface area contributed by atoms with E-state index in [4.69, 9.17) is 4.74 Å². The molecule has 0 aliphatic carbocycles. The Kier molecular flexibility index (Phi) is 3.58. The first kappa shape index (κ1) is 12.6. The maximum absolute atomic E-state index is 12.6. The Hall–Kier alpha value is -1.50. The molecule has 0 unspecified atom stereocenters. The van der Waals surface area contributed by atoms with E-state index >= 15 is 0 Å². The molecule has 8 heteroatoms. The zero-order valence-electron chi connectivity index (χ0n) is 8.33. The minimum atomic E-state index is -4.05. The lowest BCUT2D eigenvalue weighted by atomic mass is 10.3. The van der Waals surface area contributed by atoms with Gasteiger partial charge in [0, 0.05) is 0 Å². The van der Waals surface area contributed by atoms with E-state index < -0.39 is 16.9 Å². The highest BCUT2D eigenvalue weighted by atomic mass is 35.5. The van der Waals surface area contributed by atoms with Gasteiger partial charge in [-0.1, -0.05) is 0 Å². The van der Waals surface area contributed by atoms with Crippen molar-refractivity contribution in [2.24, 2.45) is 0 Å². The number of carbonyl (C=O) groups excluding carboxylic acids is 1. The van der Waals surface area contributed by atoms with Crippen LogP contribution in [-0.2, 0) is 0 Å². The first-order valence-electron chi connectivity index (χ1n) is 3.96. The van der Waals surface area contributed by atoms with Gasteiger partial charge in [0.2, 0.25) is 11.8 Å². The number of carbonyl (C=O) groups is 1. The second-order valence-electron chi connectivity index (χ2n) is 2.60. The summed E-state index contributed by atoms with van der Waals surface area (Å²) in [4.78, 5) is 18.2. The van der Waals surface area contributed by atoms with Crippen LogP contribution < -0.4 is 9.47 Å². The third-order valence-corrected chi connectivity index (χ3v) is 1.77. The minimum absolute atomic E-state index is 0.0336. The van der Waals surface area contributed by atoms with Crippen LogP contribution in [0.5, 0.6) is 11.8 Å². The fraction of sp³-hybridized carbons (Fsp3) is 0.375. The number of hydrogen-bond donors (Lipinski definition) is 0. The molecule has 16 heavy (non-hydrogen) atoms. The van der Waals surface area contributed by atoms with Crippen LogP contribution >= 0.6 is 11.6 Å². The van der Waals surface area contributed by atoms with E-state index in [1.54, 1.807) is 0 Å². The molecule has 0 radical (unpaired) electrons. The van der Waals surface area contributed by atoms with Crippen LogP contribution in [0.15, 0.2) is 6.20 Å². The summed E-state index contributed by atoms with van der Waals surface area (Å²) in [5.74, 6) is -2.02. The summed E-state index contributed by atoms with van der Waals surface area (Å²) in [6, 6.07) is 0. The largest absolute Gasteiger partial charge is 0.480 e. The fourth-order valence-electron chi connectivity index (χ4n) is 0.888. The topological polar surface area (TPSA) is 61.3 Å². The normalized spacial score (nSPS) is 11.1. The molecule has 1 aromatic rings. The van der Waals surface area contributed by atoms with Gasteiger partial charge in [-0.25, -0.2) is 4.98 Å². The maximum atomic E-state index is 12.6. The zero-order valence-corrected chi connectivity index (χ0v) is 9.09. The Morgan fingerprint density at radius 2 is 2.06 bits per heavy atom. The molecule has 0 aromatic carbocycles. The average molecular weight is 253 g/mol. The summed E-state index contributed by atoms with van der Waals surface area (Å²) in [6.07, 6.45) is 1.01. The van der Waals surface area contributed by atoms with Crippen LogP contribution in [0.3, 0.4) is 0 Å². The van der Waals surface area contributed by atoms with Gasteiger partial charge in [-0.15, -0.1) is 0 Å². The molecule has 1 aromatic heterocycles. The molecular weight excluding hydrogens is 246 g/mol. The number of nitrogens with zero attached hydrogens (tertiary/aromatic N) is 2. The van der Waals surface area contributed by atoms with Gasteiger partial charge >= 0.3 is 5.38 Å². The van der Waals surface area contributed by atoms with Crippen LogP contribution in [0.4, 0.5) is 8.78 Å². The lowest BCUT2D eigenvalue weighted by molar-refractivity contribution is 0.0526. The van der Waals surface area contributed by atoms with Crippen LogP contribution in [0.25, 0.3) is 0 Å². The summed E-state index contributed by atoms with van der Waals surface area (Å²) >= 11 is 4.58. The Labute approximate surface area is 94.4 Å². The van der Waals surface area contributed by atoms with Crippen molar-refractivity contribution in [3.05, 3.63) is 11.9 Å². The molecule has 0 bridgehead atoms. The van der Waals surface area contributed by atoms with E-state index in [1.165, 1.54) is 7.11 Å². The van der Waals surface area contributed by atoms with Crippen molar-refractivity contribution in [3.8, 4) is 11.8 Å². The van der Waals surface area contributed by atoms with Gasteiger partial charge in [0.1, 0.15) is 0 Å². The molecule has 0 atom stereocenters. The number of aromatic nitrogens is 2. The maximum Gasteiger partial charge on any atom is 0.386 e. The standard InChI is InChI=1S/C8H7ClF2N2O3/c1-15-4-3-12-5(7(13-4)16-2)6(14)8(9,10)11/h3H,1-2H3. The third-order valence-electron chi connectivity index (χ3n) is 1.59. The lowest BCUT2D eigenvalue weighted by Crippen LogP contribution is -2.23. The van der Waals surface area contributed by atoms with Crippen LogP contribution in [-0.4, -0.2) is 35.4 Å². The lowest BCUT2D eigenvalue weighted by Gasteiger charge is -2.09. The Morgan fingerprint density at radius 3 is 2.50 bits per heavy atom. The molecule has 0 fully saturated rings. The third kappa shape index (κ3) is 2.54. The molecule has 0 amide bonds. The summed E-state index contributed by atoms with van der Waals surface area (Å²) in [5.41, 5.74) is -0.650. The van der Waals surface area contributed by atoms with Gasteiger partial charge in [0.15, 0.2) is 5.69 Å². The summed E-state index contributed by atoms with van der Waals surface area (Å²) in [6.45, 7) is 0. The van der Waals surface area contributed by atoms with Crippen molar-refractivity contribution in [1.82, 2.24) is 9.97 Å². The molecular formula is C8H7ClF2N2O3. The minimum Gasteiger partial charge on any atom is -0.480 e. The molecule has 0 aliphatic heterocycles. The van der Waals surface area contributed by atoms with E-state index in [0.717, 1.165) is 13.3 Å². The second-order valence-corrected chi connectivity index (χ2v) is 3.07.